The average Bonchev–Trinajstić information content (AvgIpc) is 3.03. The Morgan fingerprint density at radius 3 is 2.62 bits per heavy atom. The predicted octanol–water partition coefficient (Wildman–Crippen LogP) is 3.02. The molecule has 0 spiro atoms. The van der Waals surface area contributed by atoms with Crippen molar-refractivity contribution in [2.45, 2.75) is 17.3 Å². The average molecular weight is 359 g/mol. The molecule has 3 rings (SSSR count). The molecule has 0 aliphatic rings. The SMILES string of the molecule is C[C@@H](Sc1nc2sccc2c(=O)n1-c1ccccc1)C(=O)N(C)C. The highest BCUT2D eigenvalue weighted by Gasteiger charge is 2.21. The van der Waals surface area contributed by atoms with Gasteiger partial charge < -0.3 is 4.90 Å². The molecular weight excluding hydrogens is 342 g/mol. The van der Waals surface area contributed by atoms with Gasteiger partial charge in [-0.1, -0.05) is 30.0 Å². The highest BCUT2D eigenvalue weighted by molar-refractivity contribution is 8.00. The molecule has 0 N–H and O–H groups in total. The van der Waals surface area contributed by atoms with Gasteiger partial charge in [-0.2, -0.15) is 0 Å². The highest BCUT2D eigenvalue weighted by Crippen LogP contribution is 2.27. The van der Waals surface area contributed by atoms with Gasteiger partial charge in [0.1, 0.15) is 4.83 Å². The number of aromatic nitrogens is 2. The third-order valence-corrected chi connectivity index (χ3v) is 5.40. The van der Waals surface area contributed by atoms with Gasteiger partial charge in [-0.05, 0) is 30.5 Å². The summed E-state index contributed by atoms with van der Waals surface area (Å²) in [6, 6.07) is 11.2. The van der Waals surface area contributed by atoms with E-state index >= 15 is 0 Å². The second-order valence-corrected chi connectivity index (χ2v) is 7.71. The van der Waals surface area contributed by atoms with Crippen molar-refractivity contribution >= 4 is 39.2 Å². The summed E-state index contributed by atoms with van der Waals surface area (Å²) in [5.41, 5.74) is 0.634. The van der Waals surface area contributed by atoms with Crippen LogP contribution in [0.25, 0.3) is 15.9 Å². The van der Waals surface area contributed by atoms with Crippen molar-refractivity contribution in [2.75, 3.05) is 14.1 Å². The summed E-state index contributed by atoms with van der Waals surface area (Å²) in [5, 5.41) is 2.65. The number of hydrogen-bond acceptors (Lipinski definition) is 5. The van der Waals surface area contributed by atoms with Gasteiger partial charge in [-0.25, -0.2) is 4.98 Å². The maximum atomic E-state index is 12.9. The quantitative estimate of drug-likeness (QED) is 0.531. The lowest BCUT2D eigenvalue weighted by Gasteiger charge is -2.18. The second kappa shape index (κ2) is 6.78. The van der Waals surface area contributed by atoms with Crippen LogP contribution >= 0.6 is 23.1 Å². The molecule has 3 aromatic rings. The normalized spacial score (nSPS) is 12.3. The number of thiophene rings is 1. The number of carbonyl (C=O) groups is 1. The number of rotatable bonds is 4. The van der Waals surface area contributed by atoms with Gasteiger partial charge in [0.25, 0.3) is 5.56 Å². The summed E-state index contributed by atoms with van der Waals surface area (Å²) in [6.45, 7) is 1.83. The molecule has 0 saturated heterocycles. The van der Waals surface area contributed by atoms with E-state index in [4.69, 9.17) is 0 Å². The molecule has 0 saturated carbocycles. The van der Waals surface area contributed by atoms with Crippen molar-refractivity contribution in [3.05, 3.63) is 52.1 Å². The Kier molecular flexibility index (Phi) is 4.73. The minimum absolute atomic E-state index is 0.0138. The number of thioether (sulfide) groups is 1. The smallest absolute Gasteiger partial charge is 0.267 e. The minimum atomic E-state index is -0.334. The third-order valence-electron chi connectivity index (χ3n) is 3.55. The van der Waals surface area contributed by atoms with Crippen LogP contribution in [-0.2, 0) is 4.79 Å². The van der Waals surface area contributed by atoms with Crippen LogP contribution in [0.2, 0.25) is 0 Å². The molecule has 0 aliphatic carbocycles. The fourth-order valence-corrected chi connectivity index (χ4v) is 4.23. The summed E-state index contributed by atoms with van der Waals surface area (Å²) >= 11 is 2.73. The molecule has 0 aliphatic heterocycles. The first kappa shape index (κ1) is 16.7. The van der Waals surface area contributed by atoms with E-state index in [1.54, 1.807) is 29.6 Å². The van der Waals surface area contributed by atoms with E-state index in [0.717, 1.165) is 5.69 Å². The molecule has 0 radical (unpaired) electrons. The second-order valence-electron chi connectivity index (χ2n) is 5.50. The van der Waals surface area contributed by atoms with Crippen molar-refractivity contribution in [1.82, 2.24) is 14.5 Å². The van der Waals surface area contributed by atoms with Crippen LogP contribution in [0.5, 0.6) is 0 Å². The summed E-state index contributed by atoms with van der Waals surface area (Å²) < 4.78 is 1.58. The first-order chi connectivity index (χ1) is 11.5. The van der Waals surface area contributed by atoms with E-state index in [9.17, 15) is 9.59 Å². The van der Waals surface area contributed by atoms with Gasteiger partial charge in [0, 0.05) is 14.1 Å². The fourth-order valence-electron chi connectivity index (χ4n) is 2.35. The Morgan fingerprint density at radius 2 is 1.96 bits per heavy atom. The van der Waals surface area contributed by atoms with Crippen molar-refractivity contribution in [3.63, 3.8) is 0 Å². The molecule has 0 bridgehead atoms. The first-order valence-corrected chi connectivity index (χ1v) is 9.18. The van der Waals surface area contributed by atoms with E-state index in [1.165, 1.54) is 23.1 Å². The summed E-state index contributed by atoms with van der Waals surface area (Å²) in [4.78, 5) is 32.0. The molecule has 24 heavy (non-hydrogen) atoms. The van der Waals surface area contributed by atoms with Crippen molar-refractivity contribution in [3.8, 4) is 5.69 Å². The third kappa shape index (κ3) is 3.09. The van der Waals surface area contributed by atoms with Crippen molar-refractivity contribution in [2.24, 2.45) is 0 Å². The molecule has 1 aromatic carbocycles. The number of hydrogen-bond donors (Lipinski definition) is 0. The van der Waals surface area contributed by atoms with Gasteiger partial charge in [0.15, 0.2) is 5.16 Å². The zero-order chi connectivity index (χ0) is 17.3. The summed E-state index contributed by atoms with van der Waals surface area (Å²) in [6.07, 6.45) is 0. The fraction of sp³-hybridized carbons (Fsp3) is 0.235. The molecule has 2 heterocycles. The van der Waals surface area contributed by atoms with E-state index < -0.39 is 0 Å². The van der Waals surface area contributed by atoms with E-state index in [0.29, 0.717) is 15.4 Å². The molecule has 1 atom stereocenters. The number of nitrogens with zero attached hydrogens (tertiary/aromatic N) is 3. The van der Waals surface area contributed by atoms with Crippen LogP contribution < -0.4 is 5.56 Å². The molecular formula is C17H17N3O2S2. The van der Waals surface area contributed by atoms with Gasteiger partial charge in [-0.15, -0.1) is 11.3 Å². The Balaban J connectivity index is 2.15. The number of fused-ring (bicyclic) bond motifs is 1. The van der Waals surface area contributed by atoms with Crippen LogP contribution in [0.15, 0.2) is 51.7 Å². The maximum Gasteiger partial charge on any atom is 0.267 e. The minimum Gasteiger partial charge on any atom is -0.348 e. The largest absolute Gasteiger partial charge is 0.348 e. The Bertz CT molecular complexity index is 932. The molecule has 124 valence electrons. The van der Waals surface area contributed by atoms with Crippen molar-refractivity contribution in [1.29, 1.82) is 0 Å². The standard InChI is InChI=1S/C17H17N3O2S2/c1-11(15(21)19(2)3)24-17-18-14-13(9-10-23-14)16(22)20(17)12-7-5-4-6-8-12/h4-11H,1-3H3/t11-/m1/s1. The van der Waals surface area contributed by atoms with Gasteiger partial charge >= 0.3 is 0 Å². The number of carbonyl (C=O) groups excluding carboxylic acids is 1. The predicted molar refractivity (Wildman–Crippen MR) is 99.2 cm³/mol. The summed E-state index contributed by atoms with van der Waals surface area (Å²) in [5.74, 6) is -0.0138. The Labute approximate surface area is 147 Å². The van der Waals surface area contributed by atoms with Crippen molar-refractivity contribution < 1.29 is 4.79 Å². The molecule has 7 heteroatoms. The van der Waals surface area contributed by atoms with E-state index in [-0.39, 0.29) is 16.7 Å². The maximum absolute atomic E-state index is 12.9. The topological polar surface area (TPSA) is 55.2 Å². The molecule has 0 fully saturated rings. The highest BCUT2D eigenvalue weighted by atomic mass is 32.2. The van der Waals surface area contributed by atoms with Gasteiger partial charge in [0.05, 0.1) is 16.3 Å². The van der Waals surface area contributed by atoms with Gasteiger partial charge in [0.2, 0.25) is 5.91 Å². The Morgan fingerprint density at radius 1 is 1.25 bits per heavy atom. The Hall–Kier alpha value is -2.12. The van der Waals surface area contributed by atoms with Gasteiger partial charge in [-0.3, -0.25) is 14.2 Å². The van der Waals surface area contributed by atoms with E-state index in [1.807, 2.05) is 42.6 Å². The lowest BCUT2D eigenvalue weighted by atomic mass is 10.3. The number of amides is 1. The lowest BCUT2D eigenvalue weighted by molar-refractivity contribution is -0.127. The summed E-state index contributed by atoms with van der Waals surface area (Å²) in [7, 11) is 3.44. The number of para-hydroxylation sites is 1. The monoisotopic (exact) mass is 359 g/mol. The van der Waals surface area contributed by atoms with E-state index in [2.05, 4.69) is 4.98 Å². The molecule has 2 aromatic heterocycles. The molecule has 1 amide bonds. The van der Waals surface area contributed by atoms with Crippen LogP contribution in [0.3, 0.4) is 0 Å². The number of benzene rings is 1. The zero-order valence-electron chi connectivity index (χ0n) is 13.6. The van der Waals surface area contributed by atoms with Crippen LogP contribution in [0.4, 0.5) is 0 Å². The lowest BCUT2D eigenvalue weighted by Crippen LogP contribution is -2.30. The first-order valence-electron chi connectivity index (χ1n) is 7.42. The zero-order valence-corrected chi connectivity index (χ0v) is 15.2. The molecule has 5 nitrogen and oxygen atoms in total. The molecule has 0 unspecified atom stereocenters. The van der Waals surface area contributed by atoms with Crippen LogP contribution in [-0.4, -0.2) is 39.7 Å². The van der Waals surface area contributed by atoms with Crippen LogP contribution in [0.1, 0.15) is 6.92 Å². The van der Waals surface area contributed by atoms with Crippen LogP contribution in [0, 0.1) is 0 Å².